The van der Waals surface area contributed by atoms with Crippen LogP contribution in [0.25, 0.3) is 0 Å². The van der Waals surface area contributed by atoms with Crippen molar-refractivity contribution in [3.8, 4) is 0 Å². The minimum atomic E-state index is -0.0269. The summed E-state index contributed by atoms with van der Waals surface area (Å²) in [5.41, 5.74) is 6.21. The quantitative estimate of drug-likeness (QED) is 0.776. The fraction of sp³-hybridized carbons (Fsp3) is 0.929. The predicted octanol–water partition coefficient (Wildman–Crippen LogP) is 1.12. The first kappa shape index (κ1) is 13.8. The van der Waals surface area contributed by atoms with E-state index < -0.39 is 0 Å². The normalized spacial score (nSPS) is 37.6. The molecule has 1 aliphatic carbocycles. The minimum Gasteiger partial charge on any atom is -0.394 e. The molecular weight excluding hydrogens is 228 g/mol. The van der Waals surface area contributed by atoms with Crippen LogP contribution in [0, 0.1) is 11.8 Å². The SMILES string of the molecule is CC1CCCC(C(=O)N2CCCCC2CO)C1N. The molecule has 1 aliphatic heterocycles. The van der Waals surface area contributed by atoms with E-state index in [1.54, 1.807) is 0 Å². The zero-order valence-electron chi connectivity index (χ0n) is 11.3. The number of nitrogens with zero attached hydrogens (tertiary/aromatic N) is 1. The summed E-state index contributed by atoms with van der Waals surface area (Å²) >= 11 is 0. The first-order chi connectivity index (χ1) is 8.65. The number of hydrogen-bond donors (Lipinski definition) is 2. The van der Waals surface area contributed by atoms with Crippen LogP contribution in [-0.4, -0.2) is 41.1 Å². The van der Waals surface area contributed by atoms with E-state index in [4.69, 9.17) is 5.73 Å². The summed E-state index contributed by atoms with van der Waals surface area (Å²) in [7, 11) is 0. The molecule has 0 radical (unpaired) electrons. The lowest BCUT2D eigenvalue weighted by atomic mass is 9.77. The molecule has 4 nitrogen and oxygen atoms in total. The van der Waals surface area contributed by atoms with Crippen molar-refractivity contribution in [1.29, 1.82) is 0 Å². The van der Waals surface area contributed by atoms with E-state index in [1.807, 2.05) is 4.90 Å². The van der Waals surface area contributed by atoms with Gasteiger partial charge in [-0.25, -0.2) is 0 Å². The number of carbonyl (C=O) groups excluding carboxylic acids is 1. The molecule has 0 aromatic carbocycles. The Morgan fingerprint density at radius 2 is 2.06 bits per heavy atom. The second-order valence-electron chi connectivity index (χ2n) is 5.96. The van der Waals surface area contributed by atoms with E-state index in [0.29, 0.717) is 5.92 Å². The van der Waals surface area contributed by atoms with Gasteiger partial charge in [0.05, 0.1) is 18.6 Å². The van der Waals surface area contributed by atoms with Gasteiger partial charge in [0.1, 0.15) is 0 Å². The lowest BCUT2D eigenvalue weighted by Crippen LogP contribution is -2.53. The van der Waals surface area contributed by atoms with Gasteiger partial charge in [0.25, 0.3) is 0 Å². The van der Waals surface area contributed by atoms with E-state index in [0.717, 1.165) is 45.1 Å². The monoisotopic (exact) mass is 254 g/mol. The van der Waals surface area contributed by atoms with Gasteiger partial charge in [0.15, 0.2) is 0 Å². The van der Waals surface area contributed by atoms with Crippen LogP contribution in [0.1, 0.15) is 45.4 Å². The number of hydrogen-bond acceptors (Lipinski definition) is 3. The molecule has 2 rings (SSSR count). The molecule has 4 heteroatoms. The third-order valence-electron chi connectivity index (χ3n) is 4.73. The second-order valence-corrected chi connectivity index (χ2v) is 5.96. The van der Waals surface area contributed by atoms with Crippen LogP contribution >= 0.6 is 0 Å². The highest BCUT2D eigenvalue weighted by atomic mass is 16.3. The molecule has 1 saturated heterocycles. The molecule has 4 unspecified atom stereocenters. The maximum atomic E-state index is 12.6. The predicted molar refractivity (Wildman–Crippen MR) is 70.9 cm³/mol. The van der Waals surface area contributed by atoms with Gasteiger partial charge in [-0.05, 0) is 38.0 Å². The van der Waals surface area contributed by atoms with Gasteiger partial charge in [-0.2, -0.15) is 0 Å². The number of rotatable bonds is 2. The number of amides is 1. The third kappa shape index (κ3) is 2.69. The highest BCUT2D eigenvalue weighted by Gasteiger charge is 2.37. The van der Waals surface area contributed by atoms with Crippen molar-refractivity contribution in [2.75, 3.05) is 13.2 Å². The highest BCUT2D eigenvalue weighted by Crippen LogP contribution is 2.31. The standard InChI is InChI=1S/C14H26N2O2/c1-10-5-4-7-12(13(10)15)14(18)16-8-3-2-6-11(16)9-17/h10-13,17H,2-9,15H2,1H3. The molecule has 1 saturated carbocycles. The molecular formula is C14H26N2O2. The number of piperidine rings is 1. The number of aliphatic hydroxyl groups excluding tert-OH is 1. The Kier molecular flexibility index (Phi) is 4.62. The molecule has 3 N–H and O–H groups in total. The summed E-state index contributed by atoms with van der Waals surface area (Å²) < 4.78 is 0. The summed E-state index contributed by atoms with van der Waals surface area (Å²) in [6, 6.07) is 0.0169. The lowest BCUT2D eigenvalue weighted by molar-refractivity contribution is -0.142. The third-order valence-corrected chi connectivity index (χ3v) is 4.73. The van der Waals surface area contributed by atoms with Gasteiger partial charge in [-0.1, -0.05) is 13.3 Å². The van der Waals surface area contributed by atoms with Crippen molar-refractivity contribution < 1.29 is 9.90 Å². The van der Waals surface area contributed by atoms with Crippen molar-refractivity contribution in [3.05, 3.63) is 0 Å². The number of aliphatic hydroxyl groups is 1. The van der Waals surface area contributed by atoms with Gasteiger partial charge in [-0.15, -0.1) is 0 Å². The molecule has 0 bridgehead atoms. The first-order valence-corrected chi connectivity index (χ1v) is 7.32. The maximum Gasteiger partial charge on any atom is 0.227 e. The summed E-state index contributed by atoms with van der Waals surface area (Å²) in [4.78, 5) is 14.5. The van der Waals surface area contributed by atoms with Crippen LogP contribution in [0.3, 0.4) is 0 Å². The number of likely N-dealkylation sites (tertiary alicyclic amines) is 1. The second kappa shape index (κ2) is 6.02. The topological polar surface area (TPSA) is 66.6 Å². The molecule has 2 aliphatic rings. The van der Waals surface area contributed by atoms with Crippen LogP contribution in [0.15, 0.2) is 0 Å². The molecule has 0 aromatic rings. The molecule has 1 heterocycles. The Morgan fingerprint density at radius 3 is 2.78 bits per heavy atom. The molecule has 4 atom stereocenters. The van der Waals surface area contributed by atoms with E-state index >= 15 is 0 Å². The zero-order chi connectivity index (χ0) is 13.1. The Bertz CT molecular complexity index is 286. The van der Waals surface area contributed by atoms with Gasteiger partial charge in [0, 0.05) is 12.6 Å². The fourth-order valence-electron chi connectivity index (χ4n) is 3.42. The zero-order valence-corrected chi connectivity index (χ0v) is 11.3. The van der Waals surface area contributed by atoms with Gasteiger partial charge in [-0.3, -0.25) is 4.79 Å². The Hall–Kier alpha value is -0.610. The molecule has 0 aromatic heterocycles. The van der Waals surface area contributed by atoms with Crippen LogP contribution in [-0.2, 0) is 4.79 Å². The summed E-state index contributed by atoms with van der Waals surface area (Å²) in [5.74, 6) is 0.596. The molecule has 18 heavy (non-hydrogen) atoms. The maximum absolute atomic E-state index is 12.6. The van der Waals surface area contributed by atoms with Crippen LogP contribution in [0.4, 0.5) is 0 Å². The van der Waals surface area contributed by atoms with E-state index in [-0.39, 0.29) is 30.5 Å². The number of nitrogens with two attached hydrogens (primary N) is 1. The van der Waals surface area contributed by atoms with E-state index in [1.165, 1.54) is 0 Å². The first-order valence-electron chi connectivity index (χ1n) is 7.32. The van der Waals surface area contributed by atoms with Gasteiger partial charge in [0.2, 0.25) is 5.91 Å². The minimum absolute atomic E-state index is 0.00693. The van der Waals surface area contributed by atoms with Crippen molar-refractivity contribution in [2.45, 2.75) is 57.5 Å². The smallest absolute Gasteiger partial charge is 0.227 e. The summed E-state index contributed by atoms with van der Waals surface area (Å²) in [5, 5.41) is 9.40. The Labute approximate surface area is 110 Å². The highest BCUT2D eigenvalue weighted by molar-refractivity contribution is 5.80. The van der Waals surface area contributed by atoms with Crippen molar-refractivity contribution >= 4 is 5.91 Å². The van der Waals surface area contributed by atoms with Crippen LogP contribution < -0.4 is 5.73 Å². The van der Waals surface area contributed by atoms with Gasteiger partial charge < -0.3 is 15.7 Å². The summed E-state index contributed by atoms with van der Waals surface area (Å²) in [6.45, 7) is 3.02. The van der Waals surface area contributed by atoms with Crippen molar-refractivity contribution in [1.82, 2.24) is 4.90 Å². The molecule has 1 amide bonds. The van der Waals surface area contributed by atoms with E-state index in [2.05, 4.69) is 6.92 Å². The van der Waals surface area contributed by atoms with Crippen LogP contribution in [0.2, 0.25) is 0 Å². The lowest BCUT2D eigenvalue weighted by Gasteiger charge is -2.41. The average molecular weight is 254 g/mol. The fourth-order valence-corrected chi connectivity index (χ4v) is 3.42. The molecule has 0 spiro atoms. The van der Waals surface area contributed by atoms with Gasteiger partial charge >= 0.3 is 0 Å². The summed E-state index contributed by atoms with van der Waals surface area (Å²) in [6.07, 6.45) is 6.25. The Balaban J connectivity index is 2.04. The van der Waals surface area contributed by atoms with Crippen LogP contribution in [0.5, 0.6) is 0 Å². The Morgan fingerprint density at radius 1 is 1.28 bits per heavy atom. The molecule has 104 valence electrons. The van der Waals surface area contributed by atoms with E-state index in [9.17, 15) is 9.90 Å². The van der Waals surface area contributed by atoms with Crippen molar-refractivity contribution in [2.24, 2.45) is 17.6 Å². The number of carbonyl (C=O) groups is 1. The van der Waals surface area contributed by atoms with Crippen molar-refractivity contribution in [3.63, 3.8) is 0 Å². The largest absolute Gasteiger partial charge is 0.394 e. The molecule has 2 fully saturated rings. The average Bonchev–Trinajstić information content (AvgIpc) is 2.41.